The molecule has 3 fully saturated rings. The van der Waals surface area contributed by atoms with Crippen LogP contribution in [0.5, 0.6) is 5.75 Å². The van der Waals surface area contributed by atoms with Crippen LogP contribution in [0.2, 0.25) is 5.02 Å². The molecule has 42 heavy (non-hydrogen) atoms. The van der Waals surface area contributed by atoms with Gasteiger partial charge in [-0.3, -0.25) is 15.4 Å². The molecule has 0 radical (unpaired) electrons. The van der Waals surface area contributed by atoms with Crippen LogP contribution in [0, 0.1) is 6.92 Å². The number of hydrogen-bond donors (Lipinski definition) is 2. The molecule has 1 aromatic heterocycles. The number of aromatic nitrogens is 1. The third kappa shape index (κ3) is 6.02. The maximum absolute atomic E-state index is 12.9. The number of piperidine rings is 1. The molecule has 0 saturated carbocycles. The molecule has 1 unspecified atom stereocenters. The molecule has 0 aliphatic carbocycles. The molecule has 14 nitrogen and oxygen atoms in total. The number of rotatable bonds is 6. The van der Waals surface area contributed by atoms with Crippen LogP contribution in [0.4, 0.5) is 9.59 Å². The molecule has 5 atom stereocenters. The number of likely N-dealkylation sites (tertiary alicyclic amines) is 1. The van der Waals surface area contributed by atoms with Crippen molar-refractivity contribution < 1.29 is 53.3 Å². The van der Waals surface area contributed by atoms with E-state index in [0.29, 0.717) is 42.2 Å². The van der Waals surface area contributed by atoms with Gasteiger partial charge in [-0.15, -0.1) is 0 Å². The summed E-state index contributed by atoms with van der Waals surface area (Å²) in [4.78, 5) is 36.3. The Morgan fingerprint density at radius 1 is 1.02 bits per heavy atom. The first-order chi connectivity index (χ1) is 20.3. The Labute approximate surface area is 245 Å². The molecule has 2 aromatic rings. The number of aryl methyl sites for hydroxylation is 1. The first kappa shape index (κ1) is 29.0. The van der Waals surface area contributed by atoms with Crippen molar-refractivity contribution in [2.45, 2.75) is 63.0 Å². The van der Waals surface area contributed by atoms with Crippen LogP contribution in [-0.4, -0.2) is 94.8 Å². The highest BCUT2D eigenvalue weighted by Crippen LogP contribution is 2.41. The van der Waals surface area contributed by atoms with Gasteiger partial charge in [0.1, 0.15) is 18.3 Å². The highest BCUT2D eigenvalue weighted by molar-refractivity contribution is 6.30. The second-order valence-corrected chi connectivity index (χ2v) is 10.9. The van der Waals surface area contributed by atoms with Gasteiger partial charge in [-0.25, -0.2) is 14.4 Å². The third-order valence-electron chi connectivity index (χ3n) is 7.79. The molecule has 0 bridgehead atoms. The summed E-state index contributed by atoms with van der Waals surface area (Å²) in [6, 6.07) is 7.32. The summed E-state index contributed by atoms with van der Waals surface area (Å²) in [5.74, 6) is 0.281. The van der Waals surface area contributed by atoms with Gasteiger partial charge in [-0.05, 0) is 37.5 Å². The predicted molar refractivity (Wildman–Crippen MR) is 139 cm³/mol. The fourth-order valence-corrected chi connectivity index (χ4v) is 5.80. The first-order valence-corrected chi connectivity index (χ1v) is 13.9. The Morgan fingerprint density at radius 2 is 1.69 bits per heavy atom. The van der Waals surface area contributed by atoms with E-state index < -0.39 is 42.8 Å². The lowest BCUT2D eigenvalue weighted by Crippen LogP contribution is -2.45. The quantitative estimate of drug-likeness (QED) is 0.364. The lowest BCUT2D eigenvalue weighted by Gasteiger charge is -2.32. The lowest BCUT2D eigenvalue weighted by molar-refractivity contribution is -0.506. The molecule has 0 spiro atoms. The van der Waals surface area contributed by atoms with Gasteiger partial charge in [0.15, 0.2) is 18.0 Å². The molecule has 1 aromatic carbocycles. The zero-order chi connectivity index (χ0) is 29.4. The second-order valence-electron chi connectivity index (χ2n) is 10.4. The molecule has 1 amide bonds. The van der Waals surface area contributed by atoms with Gasteiger partial charge in [0, 0.05) is 35.4 Å². The molecular weight excluding hydrogens is 578 g/mol. The van der Waals surface area contributed by atoms with Gasteiger partial charge in [0.2, 0.25) is 0 Å². The average molecular weight is 608 g/mol. The number of nitrogens with zero attached hydrogens (tertiary/aromatic N) is 3. The van der Waals surface area contributed by atoms with Gasteiger partial charge >= 0.3 is 12.2 Å². The fourth-order valence-electron chi connectivity index (χ4n) is 5.68. The van der Waals surface area contributed by atoms with Crippen LogP contribution in [0.3, 0.4) is 0 Å². The third-order valence-corrected chi connectivity index (χ3v) is 8.04. The van der Waals surface area contributed by atoms with Crippen LogP contribution >= 0.6 is 11.6 Å². The smallest absolute Gasteiger partial charge is 0.441 e. The van der Waals surface area contributed by atoms with E-state index in [9.17, 15) is 9.59 Å². The summed E-state index contributed by atoms with van der Waals surface area (Å²) in [5.41, 5.74) is 2.92. The molecule has 5 heterocycles. The van der Waals surface area contributed by atoms with E-state index in [1.807, 2.05) is 12.1 Å². The zero-order valence-electron chi connectivity index (χ0n) is 22.6. The van der Waals surface area contributed by atoms with Gasteiger partial charge in [0.25, 0.3) is 0 Å². The molecule has 15 heteroatoms. The van der Waals surface area contributed by atoms with E-state index in [1.165, 1.54) is 4.90 Å². The van der Waals surface area contributed by atoms with E-state index in [2.05, 4.69) is 4.98 Å². The maximum Gasteiger partial charge on any atom is 0.514 e. The number of amides is 1. The van der Waals surface area contributed by atoms with Crippen LogP contribution in [-0.2, 0) is 35.1 Å². The highest BCUT2D eigenvalue weighted by atomic mass is 35.5. The van der Waals surface area contributed by atoms with Gasteiger partial charge < -0.3 is 33.3 Å². The summed E-state index contributed by atoms with van der Waals surface area (Å²) >= 11 is 6.02. The average Bonchev–Trinajstić information content (AvgIpc) is 3.68. The van der Waals surface area contributed by atoms with Gasteiger partial charge in [-0.2, -0.15) is 0 Å². The SMILES string of the molecule is Cc1ncc2c(c1OC(=O)O[C@@H]1CO[C@H]3[C@@H]1OC[C@H]3OC(=O)N1CCC(ON(O)O)CC1)COC2c1ccc(Cl)cc1. The number of fused-ring (bicyclic) bond motifs is 2. The Kier molecular flexibility index (Phi) is 8.47. The van der Waals surface area contributed by atoms with E-state index in [0.717, 1.165) is 11.1 Å². The van der Waals surface area contributed by atoms with Crippen LogP contribution in [0.1, 0.15) is 41.3 Å². The molecule has 4 aliphatic rings. The Bertz CT molecular complexity index is 1300. The van der Waals surface area contributed by atoms with E-state index in [4.69, 9.17) is 55.3 Å². The number of carbonyl (C=O) groups is 2. The van der Waals surface area contributed by atoms with E-state index >= 15 is 0 Å². The van der Waals surface area contributed by atoms with E-state index in [-0.39, 0.29) is 37.1 Å². The standard InChI is InChI=1S/C27H30ClN3O11/c1-14-22(19-11-36-23(18(19)10-29-14)15-2-4-16(28)5-3-15)41-27(33)40-21-13-38-24-20(12-37-25(21)24)39-26(32)30-8-6-17(7-9-30)42-31(34)35/h2-5,10,17,20-21,23-25,34-35H,6-9,11-13H2,1H3/t20-,21-,23?,24-,25-/m1/s1. The maximum atomic E-state index is 12.9. The van der Waals surface area contributed by atoms with E-state index in [1.54, 1.807) is 25.3 Å². The summed E-state index contributed by atoms with van der Waals surface area (Å²) in [7, 11) is 0. The summed E-state index contributed by atoms with van der Waals surface area (Å²) in [6.07, 6.45) is -2.43. The monoisotopic (exact) mass is 607 g/mol. The fraction of sp³-hybridized carbons (Fsp3) is 0.519. The van der Waals surface area contributed by atoms with Crippen LogP contribution in [0.15, 0.2) is 30.5 Å². The minimum atomic E-state index is -0.934. The van der Waals surface area contributed by atoms with Gasteiger partial charge in [-0.1, -0.05) is 23.7 Å². The van der Waals surface area contributed by atoms with Gasteiger partial charge in [0.05, 0.1) is 37.0 Å². The Morgan fingerprint density at radius 3 is 2.36 bits per heavy atom. The van der Waals surface area contributed by atoms with Crippen molar-refractivity contribution in [3.8, 4) is 5.75 Å². The highest BCUT2D eigenvalue weighted by Gasteiger charge is 2.52. The summed E-state index contributed by atoms with van der Waals surface area (Å²) in [5, 5.41) is 17.9. The van der Waals surface area contributed by atoms with Crippen molar-refractivity contribution >= 4 is 23.8 Å². The minimum absolute atomic E-state index is 0.0475. The first-order valence-electron chi connectivity index (χ1n) is 13.5. The van der Waals surface area contributed by atoms with Crippen molar-refractivity contribution in [1.29, 1.82) is 0 Å². The topological polar surface area (TPSA) is 159 Å². The number of benzene rings is 1. The lowest BCUT2D eigenvalue weighted by atomic mass is 10.0. The van der Waals surface area contributed by atoms with Crippen molar-refractivity contribution in [3.63, 3.8) is 0 Å². The molecule has 2 N–H and O–H groups in total. The van der Waals surface area contributed by atoms with Crippen molar-refractivity contribution in [2.24, 2.45) is 0 Å². The molecule has 226 valence electrons. The molecular formula is C27H30ClN3O11. The largest absolute Gasteiger partial charge is 0.514 e. The Balaban J connectivity index is 1.03. The normalized spacial score (nSPS) is 27.2. The predicted octanol–water partition coefficient (Wildman–Crippen LogP) is 3.33. The number of pyridine rings is 1. The van der Waals surface area contributed by atoms with Crippen molar-refractivity contribution in [3.05, 3.63) is 57.9 Å². The number of ether oxygens (including phenoxy) is 6. The second kappa shape index (κ2) is 12.3. The molecule has 6 rings (SSSR count). The van der Waals surface area contributed by atoms with Crippen LogP contribution in [0.25, 0.3) is 0 Å². The van der Waals surface area contributed by atoms with Crippen molar-refractivity contribution in [1.82, 2.24) is 15.3 Å². The minimum Gasteiger partial charge on any atom is -0.441 e. The summed E-state index contributed by atoms with van der Waals surface area (Å²) < 4.78 is 34.4. The number of carbonyl (C=O) groups excluding carboxylic acids is 2. The molecule has 3 saturated heterocycles. The Hall–Kier alpha value is -3.08. The number of hydrogen-bond acceptors (Lipinski definition) is 13. The summed E-state index contributed by atoms with van der Waals surface area (Å²) in [6.45, 7) is 2.73. The van der Waals surface area contributed by atoms with Crippen LogP contribution < -0.4 is 4.74 Å². The zero-order valence-corrected chi connectivity index (χ0v) is 23.3. The number of halogens is 1. The molecule has 4 aliphatic heterocycles. The van der Waals surface area contributed by atoms with Crippen molar-refractivity contribution in [2.75, 3.05) is 26.3 Å².